The summed E-state index contributed by atoms with van der Waals surface area (Å²) < 4.78 is 0. The first kappa shape index (κ1) is 15.4. The summed E-state index contributed by atoms with van der Waals surface area (Å²) in [6, 6.07) is 13.6. The molecule has 6 heteroatoms. The maximum atomic E-state index is 12.3. The fourth-order valence-electron chi connectivity index (χ4n) is 2.62. The van der Waals surface area contributed by atoms with Crippen LogP contribution in [-0.2, 0) is 0 Å². The van der Waals surface area contributed by atoms with E-state index in [0.717, 1.165) is 27.9 Å². The lowest BCUT2D eigenvalue weighted by molar-refractivity contribution is 0.102. The van der Waals surface area contributed by atoms with Crippen LogP contribution in [-0.4, -0.2) is 20.9 Å². The van der Waals surface area contributed by atoms with Gasteiger partial charge in [0.15, 0.2) is 0 Å². The van der Waals surface area contributed by atoms with E-state index in [1.165, 1.54) is 11.3 Å². The summed E-state index contributed by atoms with van der Waals surface area (Å²) in [6.45, 7) is 1.95. The second-order valence-corrected chi connectivity index (χ2v) is 6.31. The third-order valence-electron chi connectivity index (χ3n) is 3.83. The number of amides is 1. The van der Waals surface area contributed by atoms with Gasteiger partial charge < -0.3 is 5.32 Å². The number of rotatable bonds is 3. The Labute approximate surface area is 148 Å². The number of aromatic nitrogens is 3. The molecule has 4 aromatic rings. The van der Waals surface area contributed by atoms with Crippen LogP contribution in [0, 0.1) is 6.92 Å². The van der Waals surface area contributed by atoms with Gasteiger partial charge in [0, 0.05) is 28.2 Å². The molecule has 0 saturated heterocycles. The largest absolute Gasteiger partial charge is 0.319 e. The maximum Gasteiger partial charge on any atom is 0.275 e. The lowest BCUT2D eigenvalue weighted by atomic mass is 10.1. The lowest BCUT2D eigenvalue weighted by Crippen LogP contribution is -2.12. The van der Waals surface area contributed by atoms with E-state index < -0.39 is 0 Å². The van der Waals surface area contributed by atoms with Gasteiger partial charge in [-0.05, 0) is 31.2 Å². The van der Waals surface area contributed by atoms with Crippen LogP contribution in [0.1, 0.15) is 16.2 Å². The van der Waals surface area contributed by atoms with Gasteiger partial charge in [-0.1, -0.05) is 18.2 Å². The number of para-hydroxylation sites is 1. The minimum atomic E-state index is -0.235. The van der Waals surface area contributed by atoms with Gasteiger partial charge in [0.05, 0.1) is 22.4 Å². The van der Waals surface area contributed by atoms with Crippen LogP contribution >= 0.6 is 11.3 Å². The Bertz CT molecular complexity index is 1060. The molecule has 0 atom stereocenters. The molecule has 25 heavy (non-hydrogen) atoms. The SMILES string of the molecule is Cc1cc(-c2ccc3cccc(NC(=O)c4cscn4)c3n2)ccn1. The molecule has 3 heterocycles. The zero-order valence-electron chi connectivity index (χ0n) is 13.4. The molecule has 1 N–H and O–H groups in total. The minimum absolute atomic E-state index is 0.235. The molecular formula is C19H14N4OS. The predicted octanol–water partition coefficient (Wildman–Crippen LogP) is 4.31. The van der Waals surface area contributed by atoms with Crippen LogP contribution < -0.4 is 5.32 Å². The summed E-state index contributed by atoms with van der Waals surface area (Å²) in [4.78, 5) is 25.3. The van der Waals surface area contributed by atoms with E-state index in [9.17, 15) is 4.79 Å². The number of pyridine rings is 2. The van der Waals surface area contributed by atoms with Gasteiger partial charge in [-0.2, -0.15) is 0 Å². The van der Waals surface area contributed by atoms with Crippen LogP contribution in [0.3, 0.4) is 0 Å². The molecule has 4 rings (SSSR count). The standard InChI is InChI=1S/C19H14N4OS/c1-12-9-14(7-8-20-12)15-6-5-13-3-2-4-16(18(13)22-15)23-19(24)17-10-25-11-21-17/h2-11H,1H3,(H,23,24). The molecular weight excluding hydrogens is 332 g/mol. The normalized spacial score (nSPS) is 10.8. The Morgan fingerprint density at radius 2 is 2.04 bits per heavy atom. The summed E-state index contributed by atoms with van der Waals surface area (Å²) in [7, 11) is 0. The van der Waals surface area contributed by atoms with Crippen LogP contribution in [0.2, 0.25) is 0 Å². The van der Waals surface area contributed by atoms with E-state index in [1.807, 2.05) is 49.4 Å². The Kier molecular flexibility index (Phi) is 3.95. The lowest BCUT2D eigenvalue weighted by Gasteiger charge is -2.09. The highest BCUT2D eigenvalue weighted by molar-refractivity contribution is 7.07. The molecule has 0 aliphatic heterocycles. The van der Waals surface area contributed by atoms with Crippen LogP contribution in [0.25, 0.3) is 22.2 Å². The highest BCUT2D eigenvalue weighted by Crippen LogP contribution is 2.26. The number of carbonyl (C=O) groups is 1. The summed E-state index contributed by atoms with van der Waals surface area (Å²) in [5.41, 5.74) is 6.23. The fraction of sp³-hybridized carbons (Fsp3) is 0.0526. The number of anilines is 1. The molecule has 0 aliphatic carbocycles. The quantitative estimate of drug-likeness (QED) is 0.600. The van der Waals surface area contributed by atoms with E-state index in [1.54, 1.807) is 17.1 Å². The summed E-state index contributed by atoms with van der Waals surface area (Å²) >= 11 is 1.39. The van der Waals surface area contributed by atoms with Crippen molar-refractivity contribution in [2.75, 3.05) is 5.32 Å². The molecule has 0 spiro atoms. The van der Waals surface area contributed by atoms with E-state index in [2.05, 4.69) is 15.3 Å². The first-order valence-electron chi connectivity index (χ1n) is 7.73. The van der Waals surface area contributed by atoms with Gasteiger partial charge in [0.1, 0.15) is 5.69 Å². The number of nitrogens with zero attached hydrogens (tertiary/aromatic N) is 3. The number of hydrogen-bond donors (Lipinski definition) is 1. The van der Waals surface area contributed by atoms with Crippen LogP contribution in [0.5, 0.6) is 0 Å². The Balaban J connectivity index is 1.77. The second kappa shape index (κ2) is 6.41. The van der Waals surface area contributed by atoms with Gasteiger partial charge in [-0.25, -0.2) is 9.97 Å². The van der Waals surface area contributed by atoms with E-state index >= 15 is 0 Å². The highest BCUT2D eigenvalue weighted by atomic mass is 32.1. The van der Waals surface area contributed by atoms with Crippen molar-refractivity contribution in [2.24, 2.45) is 0 Å². The third-order valence-corrected chi connectivity index (χ3v) is 4.41. The molecule has 3 aromatic heterocycles. The molecule has 0 fully saturated rings. The first-order chi connectivity index (χ1) is 12.2. The molecule has 122 valence electrons. The highest BCUT2D eigenvalue weighted by Gasteiger charge is 2.11. The van der Waals surface area contributed by atoms with Gasteiger partial charge >= 0.3 is 0 Å². The van der Waals surface area contributed by atoms with Crippen molar-refractivity contribution in [3.05, 3.63) is 70.9 Å². The minimum Gasteiger partial charge on any atom is -0.319 e. The average Bonchev–Trinajstić information content (AvgIpc) is 3.16. The van der Waals surface area contributed by atoms with E-state index in [-0.39, 0.29) is 5.91 Å². The number of thiazole rings is 1. The van der Waals surface area contributed by atoms with Crippen molar-refractivity contribution in [3.63, 3.8) is 0 Å². The van der Waals surface area contributed by atoms with Crippen molar-refractivity contribution in [3.8, 4) is 11.3 Å². The maximum absolute atomic E-state index is 12.3. The number of benzene rings is 1. The molecule has 0 bridgehead atoms. The zero-order valence-corrected chi connectivity index (χ0v) is 14.2. The molecule has 0 unspecified atom stereocenters. The van der Waals surface area contributed by atoms with E-state index in [4.69, 9.17) is 4.98 Å². The van der Waals surface area contributed by atoms with Gasteiger partial charge in [0.2, 0.25) is 0 Å². The van der Waals surface area contributed by atoms with Crippen molar-refractivity contribution in [2.45, 2.75) is 6.92 Å². The number of carbonyl (C=O) groups excluding carboxylic acids is 1. The number of nitrogens with one attached hydrogen (secondary N) is 1. The first-order valence-corrected chi connectivity index (χ1v) is 8.67. The number of hydrogen-bond acceptors (Lipinski definition) is 5. The Morgan fingerprint density at radius 3 is 2.84 bits per heavy atom. The molecule has 0 saturated carbocycles. The van der Waals surface area contributed by atoms with Crippen molar-refractivity contribution < 1.29 is 4.79 Å². The summed E-state index contributed by atoms with van der Waals surface area (Å²) in [5.74, 6) is -0.235. The van der Waals surface area contributed by atoms with Crippen LogP contribution in [0.4, 0.5) is 5.69 Å². The Morgan fingerprint density at radius 1 is 1.12 bits per heavy atom. The van der Waals surface area contributed by atoms with Crippen molar-refractivity contribution in [1.29, 1.82) is 0 Å². The van der Waals surface area contributed by atoms with Crippen molar-refractivity contribution in [1.82, 2.24) is 15.0 Å². The third kappa shape index (κ3) is 3.12. The van der Waals surface area contributed by atoms with Gasteiger partial charge in [-0.3, -0.25) is 9.78 Å². The van der Waals surface area contributed by atoms with E-state index in [0.29, 0.717) is 11.4 Å². The topological polar surface area (TPSA) is 67.8 Å². The second-order valence-electron chi connectivity index (χ2n) is 5.59. The van der Waals surface area contributed by atoms with Crippen molar-refractivity contribution >= 4 is 33.8 Å². The van der Waals surface area contributed by atoms with Gasteiger partial charge in [0.25, 0.3) is 5.91 Å². The molecule has 1 amide bonds. The fourth-order valence-corrected chi connectivity index (χ4v) is 3.16. The summed E-state index contributed by atoms with van der Waals surface area (Å²) in [5, 5.41) is 5.59. The predicted molar refractivity (Wildman–Crippen MR) is 99.8 cm³/mol. The number of fused-ring (bicyclic) bond motifs is 1. The Hall–Kier alpha value is -3.12. The molecule has 5 nitrogen and oxygen atoms in total. The summed E-state index contributed by atoms with van der Waals surface area (Å²) in [6.07, 6.45) is 1.77. The molecule has 0 radical (unpaired) electrons. The van der Waals surface area contributed by atoms with Gasteiger partial charge in [-0.15, -0.1) is 11.3 Å². The number of aryl methyl sites for hydroxylation is 1. The molecule has 0 aliphatic rings. The van der Waals surface area contributed by atoms with Crippen LogP contribution in [0.15, 0.2) is 59.6 Å². The average molecular weight is 346 g/mol. The monoisotopic (exact) mass is 346 g/mol. The zero-order chi connectivity index (χ0) is 17.2. The molecule has 1 aromatic carbocycles. The smallest absolute Gasteiger partial charge is 0.275 e.